The number of amides is 2. The Labute approximate surface area is 212 Å². The standard InChI is InChI=1S/C22H25F6N5O3S/c1-11-5-4-6-33(11)19(35)15-16(37-18(32-15)17(34)31-9-20(2,3)36)12-8-29-14(30-10-21(23,24)25)7-13(12)22(26,27)28/h7-8,11,36H,4-6,9-10H2,1-3H3,(H,29,30)(H,31,34). The van der Waals surface area contributed by atoms with E-state index in [2.05, 4.69) is 15.3 Å². The smallest absolute Gasteiger partial charge is 0.389 e. The molecule has 0 saturated carbocycles. The van der Waals surface area contributed by atoms with Crippen LogP contribution < -0.4 is 10.6 Å². The lowest BCUT2D eigenvalue weighted by atomic mass is 10.1. The van der Waals surface area contributed by atoms with Crippen LogP contribution in [0, 0.1) is 0 Å². The lowest BCUT2D eigenvalue weighted by molar-refractivity contribution is -0.137. The molecule has 0 aliphatic carbocycles. The van der Waals surface area contributed by atoms with Gasteiger partial charge in [-0.1, -0.05) is 0 Å². The number of likely N-dealkylation sites (tertiary alicyclic amines) is 1. The van der Waals surface area contributed by atoms with Gasteiger partial charge in [0.2, 0.25) is 0 Å². The van der Waals surface area contributed by atoms with Crippen molar-refractivity contribution in [3.8, 4) is 10.4 Å². The van der Waals surface area contributed by atoms with Gasteiger partial charge in [0.15, 0.2) is 5.01 Å². The molecule has 1 atom stereocenters. The molecule has 8 nitrogen and oxygen atoms in total. The quantitative estimate of drug-likeness (QED) is 0.441. The molecule has 1 unspecified atom stereocenters. The summed E-state index contributed by atoms with van der Waals surface area (Å²) in [7, 11) is 0. The minimum atomic E-state index is -5.03. The number of carbonyl (C=O) groups excluding carboxylic acids is 2. The molecule has 2 amide bonds. The second-order valence-corrected chi connectivity index (χ2v) is 10.3. The Morgan fingerprint density at radius 1 is 1.19 bits per heavy atom. The molecule has 2 aromatic heterocycles. The number of anilines is 1. The van der Waals surface area contributed by atoms with Gasteiger partial charge in [0.1, 0.15) is 18.1 Å². The van der Waals surface area contributed by atoms with E-state index in [1.165, 1.54) is 18.7 Å². The lowest BCUT2D eigenvalue weighted by Crippen LogP contribution is -2.38. The van der Waals surface area contributed by atoms with Crippen molar-refractivity contribution in [1.82, 2.24) is 20.2 Å². The summed E-state index contributed by atoms with van der Waals surface area (Å²) in [6.07, 6.45) is -7.65. The number of pyridine rings is 1. The summed E-state index contributed by atoms with van der Waals surface area (Å²) >= 11 is 0.521. The van der Waals surface area contributed by atoms with E-state index in [4.69, 9.17) is 0 Å². The minimum Gasteiger partial charge on any atom is -0.389 e. The zero-order valence-corrected chi connectivity index (χ0v) is 20.9. The van der Waals surface area contributed by atoms with Crippen molar-refractivity contribution < 1.29 is 41.0 Å². The number of hydrogen-bond acceptors (Lipinski definition) is 7. The van der Waals surface area contributed by atoms with E-state index in [0.717, 1.165) is 0 Å². The van der Waals surface area contributed by atoms with Crippen molar-refractivity contribution in [2.24, 2.45) is 0 Å². The molecule has 15 heteroatoms. The Bertz CT molecular complexity index is 1160. The number of aromatic nitrogens is 2. The fourth-order valence-corrected chi connectivity index (χ4v) is 4.64. The number of thiazole rings is 1. The van der Waals surface area contributed by atoms with E-state index in [9.17, 15) is 41.0 Å². The van der Waals surface area contributed by atoms with Crippen LogP contribution in [0.25, 0.3) is 10.4 Å². The summed E-state index contributed by atoms with van der Waals surface area (Å²) in [6, 6.07) is 0.213. The van der Waals surface area contributed by atoms with E-state index in [0.29, 0.717) is 43.0 Å². The third-order valence-electron chi connectivity index (χ3n) is 5.44. The predicted molar refractivity (Wildman–Crippen MR) is 123 cm³/mol. The fraction of sp³-hybridized carbons (Fsp3) is 0.545. The number of hydrogen-bond donors (Lipinski definition) is 3. The van der Waals surface area contributed by atoms with E-state index in [-0.39, 0.29) is 22.5 Å². The largest absolute Gasteiger partial charge is 0.417 e. The van der Waals surface area contributed by atoms with Crippen LogP contribution in [0.3, 0.4) is 0 Å². The topological polar surface area (TPSA) is 107 Å². The van der Waals surface area contributed by atoms with Gasteiger partial charge in [-0.05, 0) is 39.7 Å². The van der Waals surface area contributed by atoms with Crippen LogP contribution in [-0.4, -0.2) is 69.2 Å². The number of halogens is 6. The maximum atomic E-state index is 14.0. The fourth-order valence-electron chi connectivity index (χ4n) is 3.65. The molecular formula is C22H25F6N5O3S. The number of nitrogens with one attached hydrogen (secondary N) is 2. The molecule has 37 heavy (non-hydrogen) atoms. The molecule has 1 aliphatic rings. The maximum absolute atomic E-state index is 14.0. The third kappa shape index (κ3) is 7.31. The molecule has 1 fully saturated rings. The van der Waals surface area contributed by atoms with Gasteiger partial charge in [-0.15, -0.1) is 11.3 Å². The molecular weight excluding hydrogens is 528 g/mol. The zero-order valence-electron chi connectivity index (χ0n) is 20.0. The number of carbonyl (C=O) groups is 2. The predicted octanol–water partition coefficient (Wildman–Crippen LogP) is 4.32. The molecule has 0 aromatic carbocycles. The summed E-state index contributed by atoms with van der Waals surface area (Å²) in [5.41, 5.74) is -3.62. The van der Waals surface area contributed by atoms with E-state index >= 15 is 0 Å². The molecule has 0 radical (unpaired) electrons. The normalized spacial score (nSPS) is 16.7. The van der Waals surface area contributed by atoms with Crippen LogP contribution in [0.15, 0.2) is 12.3 Å². The van der Waals surface area contributed by atoms with Crippen LogP contribution >= 0.6 is 11.3 Å². The molecule has 3 heterocycles. The Hall–Kier alpha value is -2.94. The monoisotopic (exact) mass is 553 g/mol. The van der Waals surface area contributed by atoms with Gasteiger partial charge in [0, 0.05) is 30.9 Å². The Kier molecular flexibility index (Phi) is 8.08. The third-order valence-corrected chi connectivity index (χ3v) is 6.53. The minimum absolute atomic E-state index is 0.192. The highest BCUT2D eigenvalue weighted by atomic mass is 32.1. The number of nitrogens with zero attached hydrogens (tertiary/aromatic N) is 3. The number of rotatable bonds is 7. The Morgan fingerprint density at radius 3 is 2.41 bits per heavy atom. The van der Waals surface area contributed by atoms with Gasteiger partial charge < -0.3 is 20.6 Å². The van der Waals surface area contributed by atoms with Gasteiger partial charge in [-0.3, -0.25) is 9.59 Å². The molecule has 3 rings (SSSR count). The summed E-state index contributed by atoms with van der Waals surface area (Å²) in [4.78, 5) is 34.8. The van der Waals surface area contributed by atoms with Crippen LogP contribution in [0.5, 0.6) is 0 Å². The van der Waals surface area contributed by atoms with Crippen LogP contribution in [0.1, 0.15) is 59.5 Å². The van der Waals surface area contributed by atoms with Gasteiger partial charge in [0.25, 0.3) is 11.8 Å². The van der Waals surface area contributed by atoms with Crippen molar-refractivity contribution in [3.63, 3.8) is 0 Å². The average molecular weight is 554 g/mol. The molecule has 204 valence electrons. The number of alkyl halides is 6. The summed E-state index contributed by atoms with van der Waals surface area (Å²) in [6.45, 7) is 3.20. The van der Waals surface area contributed by atoms with Crippen LogP contribution in [0.4, 0.5) is 32.2 Å². The van der Waals surface area contributed by atoms with Crippen molar-refractivity contribution >= 4 is 29.0 Å². The SMILES string of the molecule is CC1CCCN1C(=O)c1nc(C(=O)NCC(C)(C)O)sc1-c1cnc(NCC(F)(F)F)cc1C(F)(F)F. The highest BCUT2D eigenvalue weighted by Crippen LogP contribution is 2.42. The second-order valence-electron chi connectivity index (χ2n) is 9.26. The van der Waals surface area contributed by atoms with Crippen molar-refractivity contribution in [2.75, 3.05) is 25.0 Å². The van der Waals surface area contributed by atoms with Gasteiger partial charge in [-0.25, -0.2) is 9.97 Å². The maximum Gasteiger partial charge on any atom is 0.417 e. The van der Waals surface area contributed by atoms with E-state index < -0.39 is 59.0 Å². The lowest BCUT2D eigenvalue weighted by Gasteiger charge is -2.21. The summed E-state index contributed by atoms with van der Waals surface area (Å²) in [5, 5.41) is 13.8. The highest BCUT2D eigenvalue weighted by molar-refractivity contribution is 7.17. The van der Waals surface area contributed by atoms with Gasteiger partial charge in [-0.2, -0.15) is 26.3 Å². The first-order valence-electron chi connectivity index (χ1n) is 11.2. The first kappa shape index (κ1) is 28.6. The summed E-state index contributed by atoms with van der Waals surface area (Å²) < 4.78 is 79.6. The van der Waals surface area contributed by atoms with E-state index in [1.54, 1.807) is 12.2 Å². The molecule has 3 N–H and O–H groups in total. The van der Waals surface area contributed by atoms with Crippen LogP contribution in [0.2, 0.25) is 0 Å². The second kappa shape index (κ2) is 10.4. The molecule has 1 saturated heterocycles. The average Bonchev–Trinajstić information content (AvgIpc) is 3.40. The van der Waals surface area contributed by atoms with Crippen LogP contribution in [-0.2, 0) is 6.18 Å². The molecule has 1 aliphatic heterocycles. The molecule has 0 bridgehead atoms. The van der Waals surface area contributed by atoms with Gasteiger partial charge >= 0.3 is 12.4 Å². The first-order chi connectivity index (χ1) is 17.0. The van der Waals surface area contributed by atoms with Crippen molar-refractivity contribution in [2.45, 2.75) is 57.6 Å². The highest BCUT2D eigenvalue weighted by Gasteiger charge is 2.38. The van der Waals surface area contributed by atoms with Gasteiger partial charge in [0.05, 0.1) is 16.0 Å². The molecule has 2 aromatic rings. The first-order valence-corrected chi connectivity index (χ1v) is 12.0. The number of aliphatic hydroxyl groups is 1. The molecule has 0 spiro atoms. The zero-order chi connectivity index (χ0) is 27.8. The van der Waals surface area contributed by atoms with Crippen molar-refractivity contribution in [1.29, 1.82) is 0 Å². The van der Waals surface area contributed by atoms with E-state index in [1.807, 2.05) is 0 Å². The van der Waals surface area contributed by atoms with Crippen molar-refractivity contribution in [3.05, 3.63) is 28.5 Å². The Morgan fingerprint density at radius 2 is 1.86 bits per heavy atom. The summed E-state index contributed by atoms with van der Waals surface area (Å²) in [5.74, 6) is -2.15. The Balaban J connectivity index is 2.10.